The average molecular weight is 399 g/mol. The molecule has 144 valence electrons. The largest absolute Gasteiger partial charge is 0.454 e. The van der Waals surface area contributed by atoms with Crippen molar-refractivity contribution >= 4 is 17.5 Å². The molecule has 0 aliphatic carbocycles. The Morgan fingerprint density at radius 3 is 2.89 bits per heavy atom. The third-order valence-corrected chi connectivity index (χ3v) is 4.70. The summed E-state index contributed by atoms with van der Waals surface area (Å²) in [6.07, 6.45) is 0.877. The summed E-state index contributed by atoms with van der Waals surface area (Å²) in [5.41, 5.74) is 2.48. The van der Waals surface area contributed by atoms with Crippen LogP contribution in [-0.4, -0.2) is 24.2 Å². The van der Waals surface area contributed by atoms with Crippen LogP contribution in [-0.2, 0) is 17.6 Å². The lowest BCUT2D eigenvalue weighted by Gasteiger charge is -2.05. The molecule has 0 saturated heterocycles. The van der Waals surface area contributed by atoms with Gasteiger partial charge in [0.25, 0.3) is 0 Å². The number of hydrogen-bond acceptors (Lipinski definition) is 5. The van der Waals surface area contributed by atoms with Crippen LogP contribution in [0.4, 0.5) is 0 Å². The van der Waals surface area contributed by atoms with Crippen LogP contribution in [0.1, 0.15) is 17.0 Å². The molecule has 28 heavy (non-hydrogen) atoms. The van der Waals surface area contributed by atoms with E-state index in [0.717, 1.165) is 11.1 Å². The lowest BCUT2D eigenvalue weighted by Crippen LogP contribution is -2.27. The van der Waals surface area contributed by atoms with Gasteiger partial charge >= 0.3 is 0 Å². The van der Waals surface area contributed by atoms with Gasteiger partial charge in [-0.1, -0.05) is 23.7 Å². The van der Waals surface area contributed by atoms with E-state index in [9.17, 15) is 4.79 Å². The smallest absolute Gasteiger partial charge is 0.231 e. The van der Waals surface area contributed by atoms with Crippen LogP contribution in [0.2, 0.25) is 5.02 Å². The van der Waals surface area contributed by atoms with Crippen molar-refractivity contribution in [1.82, 2.24) is 10.3 Å². The van der Waals surface area contributed by atoms with E-state index in [2.05, 4.69) is 10.3 Å². The molecule has 7 heteroatoms. The van der Waals surface area contributed by atoms with E-state index in [1.807, 2.05) is 42.5 Å². The van der Waals surface area contributed by atoms with Crippen molar-refractivity contribution in [3.63, 3.8) is 0 Å². The van der Waals surface area contributed by atoms with Crippen LogP contribution in [0.15, 0.2) is 46.9 Å². The van der Waals surface area contributed by atoms with Crippen molar-refractivity contribution in [3.05, 3.63) is 64.5 Å². The summed E-state index contributed by atoms with van der Waals surface area (Å²) in [4.78, 5) is 16.7. The number of carbonyl (C=O) groups excluding carboxylic acids is 1. The normalized spacial score (nSPS) is 12.2. The predicted molar refractivity (Wildman–Crippen MR) is 105 cm³/mol. The van der Waals surface area contributed by atoms with Gasteiger partial charge in [0, 0.05) is 17.1 Å². The van der Waals surface area contributed by atoms with Gasteiger partial charge in [0.05, 0.1) is 12.1 Å². The van der Waals surface area contributed by atoms with Crippen LogP contribution in [0.5, 0.6) is 11.5 Å². The summed E-state index contributed by atoms with van der Waals surface area (Å²) < 4.78 is 16.4. The van der Waals surface area contributed by atoms with Gasteiger partial charge in [0.15, 0.2) is 11.5 Å². The van der Waals surface area contributed by atoms with Gasteiger partial charge in [-0.2, -0.15) is 0 Å². The second-order valence-corrected chi connectivity index (χ2v) is 6.93. The molecular weight excluding hydrogens is 380 g/mol. The summed E-state index contributed by atoms with van der Waals surface area (Å²) in [5.74, 6) is 2.34. The Kier molecular flexibility index (Phi) is 5.21. The average Bonchev–Trinajstić information content (AvgIpc) is 3.28. The number of amides is 1. The van der Waals surface area contributed by atoms with Gasteiger partial charge < -0.3 is 19.2 Å². The quantitative estimate of drug-likeness (QED) is 0.681. The number of nitrogens with zero attached hydrogens (tertiary/aromatic N) is 1. The molecule has 0 unspecified atom stereocenters. The minimum atomic E-state index is -0.101. The second-order valence-electron chi connectivity index (χ2n) is 6.50. The number of rotatable bonds is 6. The van der Waals surface area contributed by atoms with Crippen molar-refractivity contribution in [2.45, 2.75) is 19.8 Å². The number of benzene rings is 2. The third kappa shape index (κ3) is 4.12. The number of halogens is 1. The molecule has 0 bridgehead atoms. The van der Waals surface area contributed by atoms with Crippen molar-refractivity contribution in [2.75, 3.05) is 13.3 Å². The van der Waals surface area contributed by atoms with Crippen LogP contribution in [0.25, 0.3) is 11.5 Å². The Labute approximate surface area is 167 Å². The van der Waals surface area contributed by atoms with Crippen molar-refractivity contribution in [3.8, 4) is 23.0 Å². The summed E-state index contributed by atoms with van der Waals surface area (Å²) >= 11 is 5.97. The zero-order valence-electron chi connectivity index (χ0n) is 15.3. The molecule has 0 saturated carbocycles. The first kappa shape index (κ1) is 18.4. The fourth-order valence-corrected chi connectivity index (χ4v) is 3.21. The third-order valence-electron chi connectivity index (χ3n) is 4.47. The first-order chi connectivity index (χ1) is 13.6. The van der Waals surface area contributed by atoms with Crippen LogP contribution in [0, 0.1) is 6.92 Å². The first-order valence-corrected chi connectivity index (χ1v) is 9.34. The Bertz CT molecular complexity index is 1020. The standard InChI is InChI=1S/C21H19ClN2O4/c1-13-17(11-20(25)23-8-7-14-3-2-4-16(22)9-14)24-21(28-13)15-5-6-18-19(10-15)27-12-26-18/h2-6,9-10H,7-8,11-12H2,1H3,(H,23,25). The molecule has 1 aliphatic heterocycles. The fourth-order valence-electron chi connectivity index (χ4n) is 3.00. The molecule has 1 amide bonds. The molecule has 0 spiro atoms. The topological polar surface area (TPSA) is 73.6 Å². The highest BCUT2D eigenvalue weighted by Gasteiger charge is 2.18. The number of aromatic nitrogens is 1. The number of fused-ring (bicyclic) bond motifs is 1. The Balaban J connectivity index is 1.36. The zero-order chi connectivity index (χ0) is 19.5. The Morgan fingerprint density at radius 1 is 1.18 bits per heavy atom. The summed E-state index contributed by atoms with van der Waals surface area (Å²) in [6, 6.07) is 13.1. The van der Waals surface area contributed by atoms with Gasteiger partial charge in [-0.15, -0.1) is 0 Å². The first-order valence-electron chi connectivity index (χ1n) is 8.96. The molecule has 0 fully saturated rings. The van der Waals surface area contributed by atoms with E-state index < -0.39 is 0 Å². The molecule has 1 aliphatic rings. The lowest BCUT2D eigenvalue weighted by atomic mass is 10.1. The Hall–Kier alpha value is -2.99. The number of oxazole rings is 1. The van der Waals surface area contributed by atoms with Crippen molar-refractivity contribution in [1.29, 1.82) is 0 Å². The molecule has 0 radical (unpaired) electrons. The van der Waals surface area contributed by atoms with Crippen molar-refractivity contribution in [2.24, 2.45) is 0 Å². The minimum Gasteiger partial charge on any atom is -0.454 e. The van der Waals surface area contributed by atoms with E-state index in [1.54, 1.807) is 6.92 Å². The second kappa shape index (κ2) is 7.94. The number of carbonyl (C=O) groups is 1. The van der Waals surface area contributed by atoms with Gasteiger partial charge in [0.2, 0.25) is 18.6 Å². The van der Waals surface area contributed by atoms with E-state index in [1.165, 1.54) is 0 Å². The number of aryl methyl sites for hydroxylation is 1. The van der Waals surface area contributed by atoms with Gasteiger partial charge in [-0.25, -0.2) is 4.98 Å². The fraction of sp³-hybridized carbons (Fsp3) is 0.238. The molecule has 6 nitrogen and oxygen atoms in total. The van der Waals surface area contributed by atoms with Gasteiger partial charge in [-0.3, -0.25) is 4.79 Å². The summed E-state index contributed by atoms with van der Waals surface area (Å²) in [6.45, 7) is 2.55. The maximum Gasteiger partial charge on any atom is 0.231 e. The molecule has 4 rings (SSSR count). The monoisotopic (exact) mass is 398 g/mol. The molecule has 2 heterocycles. The predicted octanol–water partition coefficient (Wildman–Crippen LogP) is 3.93. The van der Waals surface area contributed by atoms with Crippen LogP contribution < -0.4 is 14.8 Å². The zero-order valence-corrected chi connectivity index (χ0v) is 16.1. The minimum absolute atomic E-state index is 0.101. The highest BCUT2D eigenvalue weighted by atomic mass is 35.5. The highest BCUT2D eigenvalue weighted by molar-refractivity contribution is 6.30. The summed E-state index contributed by atoms with van der Waals surface area (Å²) in [7, 11) is 0. The lowest BCUT2D eigenvalue weighted by molar-refractivity contribution is -0.120. The molecule has 0 atom stereocenters. The van der Waals surface area contributed by atoms with E-state index >= 15 is 0 Å². The number of ether oxygens (including phenoxy) is 2. The number of hydrogen-bond donors (Lipinski definition) is 1. The molecule has 1 N–H and O–H groups in total. The maximum atomic E-state index is 12.3. The molecule has 3 aromatic rings. The molecule has 2 aromatic carbocycles. The Morgan fingerprint density at radius 2 is 2.04 bits per heavy atom. The SMILES string of the molecule is Cc1oc(-c2ccc3c(c2)OCO3)nc1CC(=O)NCCc1cccc(Cl)c1. The van der Waals surface area contributed by atoms with Crippen molar-refractivity contribution < 1.29 is 18.7 Å². The summed E-state index contributed by atoms with van der Waals surface area (Å²) in [5, 5.41) is 3.60. The van der Waals surface area contributed by atoms with E-state index in [4.69, 9.17) is 25.5 Å². The highest BCUT2D eigenvalue weighted by Crippen LogP contribution is 2.36. The number of nitrogens with one attached hydrogen (secondary N) is 1. The van der Waals surface area contributed by atoms with Crippen LogP contribution in [0.3, 0.4) is 0 Å². The van der Waals surface area contributed by atoms with Gasteiger partial charge in [-0.05, 0) is 49.2 Å². The van der Waals surface area contributed by atoms with Crippen LogP contribution >= 0.6 is 11.6 Å². The molecular formula is C21H19ClN2O4. The van der Waals surface area contributed by atoms with Gasteiger partial charge in [0.1, 0.15) is 5.76 Å². The van der Waals surface area contributed by atoms with E-state index in [0.29, 0.717) is 46.8 Å². The molecule has 1 aromatic heterocycles. The maximum absolute atomic E-state index is 12.3. The van der Waals surface area contributed by atoms with E-state index in [-0.39, 0.29) is 19.1 Å².